The number of benzene rings is 2. The third-order valence-corrected chi connectivity index (χ3v) is 6.04. The van der Waals surface area contributed by atoms with Crippen molar-refractivity contribution in [2.24, 2.45) is 0 Å². The van der Waals surface area contributed by atoms with E-state index in [1.807, 2.05) is 26.0 Å². The summed E-state index contributed by atoms with van der Waals surface area (Å²) in [6, 6.07) is 14.1. The highest BCUT2D eigenvalue weighted by molar-refractivity contribution is 6.33. The summed E-state index contributed by atoms with van der Waals surface area (Å²) < 4.78 is 21.5. The first-order valence-corrected chi connectivity index (χ1v) is 12.1. The molecule has 0 radical (unpaired) electrons. The van der Waals surface area contributed by atoms with Gasteiger partial charge in [-0.25, -0.2) is 14.2 Å². The van der Waals surface area contributed by atoms with Crippen LogP contribution in [0.1, 0.15) is 13.8 Å². The number of halogens is 2. The van der Waals surface area contributed by atoms with Gasteiger partial charge in [0.15, 0.2) is 0 Å². The molecule has 0 bridgehead atoms. The van der Waals surface area contributed by atoms with E-state index >= 15 is 0 Å². The van der Waals surface area contributed by atoms with E-state index in [1.165, 1.54) is 6.07 Å². The molecule has 4 aromatic rings. The van der Waals surface area contributed by atoms with Crippen molar-refractivity contribution >= 4 is 45.7 Å². The Morgan fingerprint density at radius 2 is 1.89 bits per heavy atom. The Labute approximate surface area is 218 Å². The molecule has 0 saturated carbocycles. The number of amides is 2. The van der Waals surface area contributed by atoms with E-state index in [0.29, 0.717) is 41.1 Å². The van der Waals surface area contributed by atoms with E-state index in [1.54, 1.807) is 48.2 Å². The Kier molecular flexibility index (Phi) is 8.05. The molecule has 8 nitrogen and oxygen atoms in total. The van der Waals surface area contributed by atoms with Crippen LogP contribution in [0.2, 0.25) is 5.02 Å². The number of hydrogen-bond acceptors (Lipinski definition) is 5. The number of urea groups is 1. The van der Waals surface area contributed by atoms with Gasteiger partial charge in [-0.2, -0.15) is 0 Å². The number of aromatic nitrogens is 2. The molecule has 0 unspecified atom stereocenters. The molecule has 2 aromatic carbocycles. The number of hydrogen-bond donors (Lipinski definition) is 3. The van der Waals surface area contributed by atoms with Crippen LogP contribution in [0.4, 0.5) is 26.4 Å². The highest BCUT2D eigenvalue weighted by Crippen LogP contribution is 2.33. The van der Waals surface area contributed by atoms with Crippen molar-refractivity contribution < 1.29 is 13.9 Å². The number of carbonyl (C=O) groups excluding carboxylic acids is 1. The van der Waals surface area contributed by atoms with Crippen LogP contribution in [0.5, 0.6) is 0 Å². The highest BCUT2D eigenvalue weighted by atomic mass is 35.5. The number of rotatable bonds is 8. The van der Waals surface area contributed by atoms with Crippen LogP contribution in [-0.2, 0) is 11.3 Å². The van der Waals surface area contributed by atoms with Gasteiger partial charge in [-0.05, 0) is 44.2 Å². The summed E-state index contributed by atoms with van der Waals surface area (Å²) in [6.45, 7) is 4.72. The SMILES string of the molecule is CCn1c(=O)c(-c2cc(NC(=O)Nc3ccccc3)c(F)cc2Cl)cc2cnc(N[C@@H](C)COC)cc21. The third-order valence-electron chi connectivity index (χ3n) is 5.73. The van der Waals surface area contributed by atoms with Crippen molar-refractivity contribution in [3.05, 3.63) is 82.0 Å². The number of methoxy groups -OCH3 is 1. The standard InChI is InChI=1S/C27H27ClFN5O3/c1-4-34-24-13-25(31-16(2)15-37-3)30-14-17(24)10-20(26(34)35)19-11-23(22(29)12-21(19)28)33-27(36)32-18-8-6-5-7-9-18/h5-14,16H,4,15H2,1-3H3,(H,30,31)(H2,32,33,36)/t16-/m0/s1. The summed E-state index contributed by atoms with van der Waals surface area (Å²) in [5.74, 6) is -0.113. The average Bonchev–Trinajstić information content (AvgIpc) is 2.86. The van der Waals surface area contributed by atoms with Gasteiger partial charge in [0.25, 0.3) is 5.56 Å². The molecule has 37 heavy (non-hydrogen) atoms. The molecular weight excluding hydrogens is 497 g/mol. The Bertz CT molecular complexity index is 1490. The number of anilines is 3. The van der Waals surface area contributed by atoms with Crippen LogP contribution in [0.3, 0.4) is 0 Å². The normalized spacial score (nSPS) is 11.8. The minimum atomic E-state index is -0.726. The fraction of sp³-hybridized carbons (Fsp3) is 0.222. The van der Waals surface area contributed by atoms with E-state index in [9.17, 15) is 14.0 Å². The summed E-state index contributed by atoms with van der Waals surface area (Å²) in [4.78, 5) is 30.4. The smallest absolute Gasteiger partial charge is 0.323 e. The fourth-order valence-electron chi connectivity index (χ4n) is 4.06. The van der Waals surface area contributed by atoms with Crippen molar-refractivity contribution in [1.82, 2.24) is 9.55 Å². The largest absolute Gasteiger partial charge is 0.383 e. The predicted octanol–water partition coefficient (Wildman–Crippen LogP) is 5.97. The summed E-state index contributed by atoms with van der Waals surface area (Å²) in [5, 5.41) is 9.13. The van der Waals surface area contributed by atoms with Crippen LogP contribution in [0, 0.1) is 5.82 Å². The van der Waals surface area contributed by atoms with Gasteiger partial charge < -0.3 is 25.3 Å². The lowest BCUT2D eigenvalue weighted by molar-refractivity contribution is 0.190. The molecule has 192 valence electrons. The van der Waals surface area contributed by atoms with Gasteiger partial charge in [0, 0.05) is 54.2 Å². The van der Waals surface area contributed by atoms with Crippen molar-refractivity contribution in [2.45, 2.75) is 26.4 Å². The first kappa shape index (κ1) is 26.1. The number of pyridine rings is 2. The Hall–Kier alpha value is -3.95. The van der Waals surface area contributed by atoms with Crippen LogP contribution in [-0.4, -0.2) is 35.3 Å². The molecular formula is C27H27ClFN5O3. The lowest BCUT2D eigenvalue weighted by atomic mass is 10.0. The van der Waals surface area contributed by atoms with E-state index in [-0.39, 0.29) is 27.9 Å². The zero-order chi connectivity index (χ0) is 26.5. The van der Waals surface area contributed by atoms with Crippen molar-refractivity contribution in [1.29, 1.82) is 0 Å². The van der Waals surface area contributed by atoms with Gasteiger partial charge in [0.2, 0.25) is 0 Å². The molecule has 2 heterocycles. The number of para-hydroxylation sites is 1. The van der Waals surface area contributed by atoms with E-state index in [4.69, 9.17) is 16.3 Å². The molecule has 3 N–H and O–H groups in total. The first-order chi connectivity index (χ1) is 17.8. The Morgan fingerprint density at radius 1 is 1.14 bits per heavy atom. The van der Waals surface area contributed by atoms with Gasteiger partial charge in [-0.1, -0.05) is 29.8 Å². The zero-order valence-electron chi connectivity index (χ0n) is 20.6. The molecule has 2 amide bonds. The zero-order valence-corrected chi connectivity index (χ0v) is 21.4. The Balaban J connectivity index is 1.72. The second-order valence-corrected chi connectivity index (χ2v) is 8.90. The maximum absolute atomic E-state index is 14.7. The molecule has 10 heteroatoms. The number of ether oxygens (including phenoxy) is 1. The quantitative estimate of drug-likeness (QED) is 0.264. The van der Waals surface area contributed by atoms with Crippen LogP contribution < -0.4 is 21.5 Å². The van der Waals surface area contributed by atoms with Crippen molar-refractivity contribution in [3.63, 3.8) is 0 Å². The minimum Gasteiger partial charge on any atom is -0.383 e. The number of aryl methyl sites for hydroxylation is 1. The van der Waals surface area contributed by atoms with Gasteiger partial charge in [-0.15, -0.1) is 0 Å². The number of carbonyl (C=O) groups is 1. The molecule has 0 aliphatic carbocycles. The summed E-state index contributed by atoms with van der Waals surface area (Å²) in [7, 11) is 1.62. The van der Waals surface area contributed by atoms with Crippen LogP contribution >= 0.6 is 11.6 Å². The fourth-order valence-corrected chi connectivity index (χ4v) is 4.31. The van der Waals surface area contributed by atoms with Gasteiger partial charge >= 0.3 is 6.03 Å². The van der Waals surface area contributed by atoms with E-state index in [0.717, 1.165) is 6.07 Å². The molecule has 1 atom stereocenters. The summed E-state index contributed by atoms with van der Waals surface area (Å²) in [5.41, 5.74) is 1.39. The first-order valence-electron chi connectivity index (χ1n) is 11.7. The second kappa shape index (κ2) is 11.4. The van der Waals surface area contributed by atoms with Crippen molar-refractivity contribution in [2.75, 3.05) is 29.7 Å². The van der Waals surface area contributed by atoms with Gasteiger partial charge in [0.1, 0.15) is 11.6 Å². The predicted molar refractivity (Wildman–Crippen MR) is 146 cm³/mol. The lowest BCUT2D eigenvalue weighted by Gasteiger charge is -2.17. The van der Waals surface area contributed by atoms with Crippen molar-refractivity contribution in [3.8, 4) is 11.1 Å². The lowest BCUT2D eigenvalue weighted by Crippen LogP contribution is -2.23. The molecule has 0 saturated heterocycles. The van der Waals surface area contributed by atoms with E-state index in [2.05, 4.69) is 20.9 Å². The summed E-state index contributed by atoms with van der Waals surface area (Å²) >= 11 is 6.38. The number of nitrogens with zero attached hydrogens (tertiary/aromatic N) is 2. The maximum Gasteiger partial charge on any atom is 0.323 e. The maximum atomic E-state index is 14.7. The molecule has 0 aliphatic heterocycles. The minimum absolute atomic E-state index is 0.0269. The van der Waals surface area contributed by atoms with Gasteiger partial charge in [-0.3, -0.25) is 4.79 Å². The molecule has 0 fully saturated rings. The number of nitrogens with one attached hydrogen (secondary N) is 3. The van der Waals surface area contributed by atoms with Crippen LogP contribution in [0.25, 0.3) is 22.0 Å². The third kappa shape index (κ3) is 5.90. The highest BCUT2D eigenvalue weighted by Gasteiger charge is 2.18. The monoisotopic (exact) mass is 523 g/mol. The molecule has 2 aromatic heterocycles. The van der Waals surface area contributed by atoms with Gasteiger partial charge in [0.05, 0.1) is 22.8 Å². The molecule has 4 rings (SSSR count). The average molecular weight is 524 g/mol. The Morgan fingerprint density at radius 3 is 2.59 bits per heavy atom. The molecule has 0 aliphatic rings. The summed E-state index contributed by atoms with van der Waals surface area (Å²) in [6.07, 6.45) is 1.66. The van der Waals surface area contributed by atoms with Crippen LogP contribution in [0.15, 0.2) is 65.6 Å². The molecule has 0 spiro atoms. The van der Waals surface area contributed by atoms with E-state index < -0.39 is 11.8 Å². The second-order valence-electron chi connectivity index (χ2n) is 8.49. The topological polar surface area (TPSA) is 97.3 Å². The number of fused-ring (bicyclic) bond motifs is 1.